The lowest BCUT2D eigenvalue weighted by molar-refractivity contribution is -0.115. The number of anilines is 2. The van der Waals surface area contributed by atoms with E-state index in [9.17, 15) is 4.79 Å². The van der Waals surface area contributed by atoms with Crippen molar-refractivity contribution in [2.45, 2.75) is 22.9 Å². The zero-order chi connectivity index (χ0) is 15.4. The Hall–Kier alpha value is -1.02. The molecule has 0 aliphatic carbocycles. The lowest BCUT2D eigenvalue weighted by Crippen LogP contribution is -2.24. The van der Waals surface area contributed by atoms with Gasteiger partial charge in [0.2, 0.25) is 11.0 Å². The van der Waals surface area contributed by atoms with Gasteiger partial charge in [-0.3, -0.25) is 4.79 Å². The normalized spacial score (nSPS) is 12.1. The molecule has 1 atom stereocenters. The van der Waals surface area contributed by atoms with E-state index in [-0.39, 0.29) is 11.2 Å². The number of amides is 1. The van der Waals surface area contributed by atoms with Gasteiger partial charge in [-0.05, 0) is 24.6 Å². The third kappa shape index (κ3) is 4.47. The highest BCUT2D eigenvalue weighted by Gasteiger charge is 2.20. The van der Waals surface area contributed by atoms with Gasteiger partial charge in [0, 0.05) is 5.02 Å². The van der Waals surface area contributed by atoms with E-state index in [1.54, 1.807) is 18.2 Å². The number of nitrogens with one attached hydrogen (secondary N) is 1. The van der Waals surface area contributed by atoms with Crippen LogP contribution in [0.3, 0.4) is 0 Å². The number of nitrogens with two attached hydrogens (primary N) is 1. The summed E-state index contributed by atoms with van der Waals surface area (Å²) in [5, 5.41) is 11.4. The third-order valence-electron chi connectivity index (χ3n) is 2.52. The van der Waals surface area contributed by atoms with Crippen LogP contribution in [-0.4, -0.2) is 21.4 Å². The highest BCUT2D eigenvalue weighted by molar-refractivity contribution is 8.02. The molecular formula is C12H12Cl2N4OS2. The van der Waals surface area contributed by atoms with Gasteiger partial charge >= 0.3 is 0 Å². The van der Waals surface area contributed by atoms with Crippen LogP contribution in [0.2, 0.25) is 10.0 Å². The van der Waals surface area contributed by atoms with E-state index < -0.39 is 0 Å². The summed E-state index contributed by atoms with van der Waals surface area (Å²) in [5.74, 6) is -0.152. The Bertz CT molecular complexity index is 650. The molecule has 0 aliphatic heterocycles. The molecule has 0 aliphatic rings. The number of hydrogen-bond acceptors (Lipinski definition) is 6. The third-order valence-corrected chi connectivity index (χ3v) is 5.27. The SMILES string of the molecule is CCC(Sc1nnc(N)s1)C(=O)Nc1ccc(Cl)cc1Cl. The lowest BCUT2D eigenvalue weighted by Gasteiger charge is -2.14. The zero-order valence-electron chi connectivity index (χ0n) is 11.0. The fourth-order valence-electron chi connectivity index (χ4n) is 1.52. The van der Waals surface area contributed by atoms with Gasteiger partial charge in [0.1, 0.15) is 0 Å². The summed E-state index contributed by atoms with van der Waals surface area (Å²) in [4.78, 5) is 12.3. The molecule has 2 aromatic rings. The Morgan fingerprint density at radius 2 is 2.24 bits per heavy atom. The lowest BCUT2D eigenvalue weighted by atomic mass is 10.2. The topological polar surface area (TPSA) is 80.9 Å². The van der Waals surface area contributed by atoms with Crippen LogP contribution in [0.5, 0.6) is 0 Å². The van der Waals surface area contributed by atoms with Gasteiger partial charge in [-0.1, -0.05) is 53.2 Å². The Balaban J connectivity index is 2.06. The number of nitrogens with zero attached hydrogens (tertiary/aromatic N) is 2. The molecule has 1 heterocycles. The Kier molecular flexibility index (Phi) is 5.69. The highest BCUT2D eigenvalue weighted by atomic mass is 35.5. The standard InChI is InChI=1S/C12H12Cl2N4OS2/c1-2-9(20-12-18-17-11(15)21-12)10(19)16-8-4-3-6(13)5-7(8)14/h3-5,9H,2H2,1H3,(H2,15,17)(H,16,19). The number of nitrogen functional groups attached to an aromatic ring is 1. The summed E-state index contributed by atoms with van der Waals surface area (Å²) in [6.45, 7) is 1.92. The average molecular weight is 363 g/mol. The van der Waals surface area contributed by atoms with E-state index in [1.807, 2.05) is 6.92 Å². The van der Waals surface area contributed by atoms with Crippen LogP contribution in [-0.2, 0) is 4.79 Å². The number of aromatic nitrogens is 2. The Labute approximate surface area is 140 Å². The first kappa shape index (κ1) is 16.4. The minimum Gasteiger partial charge on any atom is -0.374 e. The second-order valence-corrected chi connectivity index (χ2v) is 7.34. The van der Waals surface area contributed by atoms with E-state index >= 15 is 0 Å². The number of carbonyl (C=O) groups is 1. The van der Waals surface area contributed by atoms with Crippen molar-refractivity contribution in [2.75, 3.05) is 11.1 Å². The molecule has 3 N–H and O–H groups in total. The summed E-state index contributed by atoms with van der Waals surface area (Å²) in [7, 11) is 0. The number of carbonyl (C=O) groups excluding carboxylic acids is 1. The first-order chi connectivity index (χ1) is 9.99. The molecule has 0 fully saturated rings. The van der Waals surface area contributed by atoms with Crippen LogP contribution in [0.1, 0.15) is 13.3 Å². The van der Waals surface area contributed by atoms with E-state index in [0.717, 1.165) is 0 Å². The van der Waals surface area contributed by atoms with Crippen molar-refractivity contribution in [1.82, 2.24) is 10.2 Å². The molecule has 2 rings (SSSR count). The molecule has 0 saturated carbocycles. The predicted octanol–water partition coefficient (Wildman–Crippen LogP) is 3.94. The van der Waals surface area contributed by atoms with Crippen LogP contribution < -0.4 is 11.1 Å². The van der Waals surface area contributed by atoms with Crippen LogP contribution in [0.4, 0.5) is 10.8 Å². The second-order valence-electron chi connectivity index (χ2n) is 4.03. The van der Waals surface area contributed by atoms with Gasteiger partial charge in [0.15, 0.2) is 4.34 Å². The molecule has 1 amide bonds. The van der Waals surface area contributed by atoms with Crippen LogP contribution >= 0.6 is 46.3 Å². The van der Waals surface area contributed by atoms with E-state index in [4.69, 9.17) is 28.9 Å². The summed E-state index contributed by atoms with van der Waals surface area (Å²) in [6.07, 6.45) is 0.640. The van der Waals surface area contributed by atoms with Gasteiger partial charge in [0.25, 0.3) is 0 Å². The van der Waals surface area contributed by atoms with Crippen LogP contribution in [0.25, 0.3) is 0 Å². The van der Waals surface area contributed by atoms with Crippen molar-refractivity contribution < 1.29 is 4.79 Å². The second kappa shape index (κ2) is 7.31. The minimum absolute atomic E-state index is 0.152. The van der Waals surface area contributed by atoms with E-state index in [2.05, 4.69) is 15.5 Å². The number of benzene rings is 1. The first-order valence-electron chi connectivity index (χ1n) is 6.01. The van der Waals surface area contributed by atoms with Gasteiger partial charge in [-0.25, -0.2) is 0 Å². The van der Waals surface area contributed by atoms with Gasteiger partial charge in [-0.2, -0.15) is 0 Å². The quantitative estimate of drug-likeness (QED) is 0.787. The molecule has 112 valence electrons. The van der Waals surface area contributed by atoms with Crippen molar-refractivity contribution in [3.8, 4) is 0 Å². The maximum atomic E-state index is 12.3. The van der Waals surface area contributed by atoms with Crippen molar-refractivity contribution in [3.05, 3.63) is 28.2 Å². The zero-order valence-corrected chi connectivity index (χ0v) is 14.1. The van der Waals surface area contributed by atoms with Gasteiger partial charge in [0.05, 0.1) is 16.0 Å². The first-order valence-corrected chi connectivity index (χ1v) is 8.46. The molecule has 1 unspecified atom stereocenters. The van der Waals surface area contributed by atoms with Gasteiger partial charge < -0.3 is 11.1 Å². The molecule has 0 saturated heterocycles. The van der Waals surface area contributed by atoms with Crippen molar-refractivity contribution >= 4 is 63.0 Å². The fraction of sp³-hybridized carbons (Fsp3) is 0.250. The molecule has 1 aromatic heterocycles. The number of hydrogen-bond donors (Lipinski definition) is 2. The van der Waals surface area contributed by atoms with Crippen molar-refractivity contribution in [2.24, 2.45) is 0 Å². The Morgan fingerprint density at radius 3 is 2.81 bits per heavy atom. The summed E-state index contributed by atoms with van der Waals surface area (Å²) in [5.41, 5.74) is 6.06. The maximum Gasteiger partial charge on any atom is 0.237 e. The molecule has 0 radical (unpaired) electrons. The molecule has 21 heavy (non-hydrogen) atoms. The number of halogens is 2. The van der Waals surface area contributed by atoms with Crippen LogP contribution in [0, 0.1) is 0 Å². The number of rotatable bonds is 5. The average Bonchev–Trinajstić information content (AvgIpc) is 2.84. The molecule has 5 nitrogen and oxygen atoms in total. The van der Waals surface area contributed by atoms with Crippen molar-refractivity contribution in [3.63, 3.8) is 0 Å². The monoisotopic (exact) mass is 362 g/mol. The van der Waals surface area contributed by atoms with Crippen LogP contribution in [0.15, 0.2) is 22.5 Å². The Morgan fingerprint density at radius 1 is 1.48 bits per heavy atom. The highest BCUT2D eigenvalue weighted by Crippen LogP contribution is 2.31. The molecule has 1 aromatic carbocycles. The maximum absolute atomic E-state index is 12.3. The number of thioether (sulfide) groups is 1. The van der Waals surface area contributed by atoms with Crippen molar-refractivity contribution in [1.29, 1.82) is 0 Å². The molecule has 9 heteroatoms. The minimum atomic E-state index is -0.302. The van der Waals surface area contributed by atoms with E-state index in [0.29, 0.717) is 31.6 Å². The summed E-state index contributed by atoms with van der Waals surface area (Å²) >= 11 is 14.5. The largest absolute Gasteiger partial charge is 0.374 e. The predicted molar refractivity (Wildman–Crippen MR) is 89.3 cm³/mol. The smallest absolute Gasteiger partial charge is 0.237 e. The fourth-order valence-corrected chi connectivity index (χ4v) is 3.78. The summed E-state index contributed by atoms with van der Waals surface area (Å²) < 4.78 is 0.664. The molecule has 0 bridgehead atoms. The van der Waals surface area contributed by atoms with Gasteiger partial charge in [-0.15, -0.1) is 10.2 Å². The summed E-state index contributed by atoms with van der Waals surface area (Å²) in [6, 6.07) is 4.92. The molecular weight excluding hydrogens is 351 g/mol. The molecule has 0 spiro atoms. The van der Waals surface area contributed by atoms with E-state index in [1.165, 1.54) is 23.1 Å².